The highest BCUT2D eigenvalue weighted by Crippen LogP contribution is 2.23. The van der Waals surface area contributed by atoms with Gasteiger partial charge in [0.2, 0.25) is 15.9 Å². The summed E-state index contributed by atoms with van der Waals surface area (Å²) in [6.07, 6.45) is 1.61. The lowest BCUT2D eigenvalue weighted by Gasteiger charge is -2.39. The van der Waals surface area contributed by atoms with Gasteiger partial charge in [0.1, 0.15) is 0 Å². The predicted molar refractivity (Wildman–Crippen MR) is 154 cm³/mol. The number of rotatable bonds is 12. The highest BCUT2D eigenvalue weighted by molar-refractivity contribution is 7.89. The van der Waals surface area contributed by atoms with Crippen molar-refractivity contribution in [3.63, 3.8) is 0 Å². The molecule has 0 spiro atoms. The molecule has 0 aromatic heterocycles. The van der Waals surface area contributed by atoms with Crippen molar-refractivity contribution in [3.8, 4) is 0 Å². The summed E-state index contributed by atoms with van der Waals surface area (Å²) in [5.41, 5.74) is 2.61. The van der Waals surface area contributed by atoms with Gasteiger partial charge in [0.15, 0.2) is 0 Å². The first-order chi connectivity index (χ1) is 18.6. The van der Waals surface area contributed by atoms with E-state index in [4.69, 9.17) is 16.3 Å². The lowest BCUT2D eigenvalue weighted by atomic mass is 10.0. The van der Waals surface area contributed by atoms with Crippen molar-refractivity contribution in [2.24, 2.45) is 0 Å². The Kier molecular flexibility index (Phi) is 11.6. The van der Waals surface area contributed by atoms with E-state index in [9.17, 15) is 18.0 Å². The largest absolute Gasteiger partial charge is 0.383 e. The zero-order valence-electron chi connectivity index (χ0n) is 22.9. The molecule has 39 heavy (non-hydrogen) atoms. The molecule has 2 aromatic rings. The maximum absolute atomic E-state index is 13.7. The molecule has 9 nitrogen and oxygen atoms in total. The summed E-state index contributed by atoms with van der Waals surface area (Å²) >= 11 is 6.21. The first-order valence-electron chi connectivity index (χ1n) is 13.3. The third-order valence-corrected chi connectivity index (χ3v) is 9.11. The summed E-state index contributed by atoms with van der Waals surface area (Å²) < 4.78 is 32.1. The molecule has 11 heteroatoms. The van der Waals surface area contributed by atoms with Crippen LogP contribution in [0.1, 0.15) is 37.3 Å². The van der Waals surface area contributed by atoms with E-state index in [1.165, 1.54) is 11.4 Å². The Hall–Kier alpha value is -2.66. The summed E-state index contributed by atoms with van der Waals surface area (Å²) in [4.78, 5) is 30.1. The zero-order chi connectivity index (χ0) is 28.4. The molecule has 0 aliphatic carbocycles. The van der Waals surface area contributed by atoms with Crippen LogP contribution in [0.4, 0.5) is 10.5 Å². The van der Waals surface area contributed by atoms with Gasteiger partial charge in [-0.2, -0.15) is 4.31 Å². The van der Waals surface area contributed by atoms with Gasteiger partial charge < -0.3 is 19.9 Å². The summed E-state index contributed by atoms with van der Waals surface area (Å²) in [7, 11) is -2.11. The molecule has 0 atom stereocenters. The molecule has 1 fully saturated rings. The van der Waals surface area contributed by atoms with Gasteiger partial charge in [0.05, 0.1) is 18.9 Å². The summed E-state index contributed by atoms with van der Waals surface area (Å²) in [6.45, 7) is 5.02. The second-order valence-electron chi connectivity index (χ2n) is 9.76. The van der Waals surface area contributed by atoms with Crippen molar-refractivity contribution < 1.29 is 22.7 Å². The van der Waals surface area contributed by atoms with Gasteiger partial charge in [-0.3, -0.25) is 4.79 Å². The molecule has 2 aromatic carbocycles. The van der Waals surface area contributed by atoms with Crippen molar-refractivity contribution in [2.45, 2.75) is 45.7 Å². The van der Waals surface area contributed by atoms with E-state index in [1.807, 2.05) is 49.4 Å². The van der Waals surface area contributed by atoms with Gasteiger partial charge in [0, 0.05) is 50.0 Å². The third-order valence-electron chi connectivity index (χ3n) is 6.85. The number of hydrogen-bond donors (Lipinski definition) is 1. The molecule has 0 saturated carbocycles. The molecule has 1 aliphatic heterocycles. The molecule has 3 amide bonds. The van der Waals surface area contributed by atoms with Gasteiger partial charge in [-0.1, -0.05) is 48.9 Å². The number of benzene rings is 2. The Morgan fingerprint density at radius 3 is 2.49 bits per heavy atom. The highest BCUT2D eigenvalue weighted by Gasteiger charge is 2.32. The van der Waals surface area contributed by atoms with Crippen LogP contribution in [0, 0.1) is 6.92 Å². The summed E-state index contributed by atoms with van der Waals surface area (Å²) in [5.74, 6) is -0.319. The first-order valence-corrected chi connectivity index (χ1v) is 15.3. The summed E-state index contributed by atoms with van der Waals surface area (Å²) in [5, 5.41) is 3.54. The van der Waals surface area contributed by atoms with E-state index in [0.717, 1.165) is 16.8 Å². The van der Waals surface area contributed by atoms with Crippen molar-refractivity contribution in [1.29, 1.82) is 0 Å². The average Bonchev–Trinajstić information content (AvgIpc) is 2.91. The third kappa shape index (κ3) is 8.93. The number of amides is 3. The van der Waals surface area contributed by atoms with Crippen molar-refractivity contribution >= 4 is 39.2 Å². The van der Waals surface area contributed by atoms with Gasteiger partial charge in [-0.15, -0.1) is 0 Å². The lowest BCUT2D eigenvalue weighted by molar-refractivity contribution is -0.135. The molecule has 0 radical (unpaired) electrons. The molecule has 1 N–H and O–H groups in total. The SMILES string of the molecule is CCCS(=O)(=O)N(CCOC)CC(=O)N(Cc1cccc(Cl)c1)C1CCN(C(=O)Nc2ccccc2C)CC1. The molecule has 214 valence electrons. The maximum atomic E-state index is 13.7. The van der Waals surface area contributed by atoms with Crippen molar-refractivity contribution in [3.05, 3.63) is 64.7 Å². The van der Waals surface area contributed by atoms with E-state index >= 15 is 0 Å². The maximum Gasteiger partial charge on any atom is 0.321 e. The van der Waals surface area contributed by atoms with Crippen LogP contribution < -0.4 is 5.32 Å². The number of nitrogens with zero attached hydrogens (tertiary/aromatic N) is 3. The fourth-order valence-electron chi connectivity index (χ4n) is 4.68. The number of likely N-dealkylation sites (tertiary alicyclic amines) is 1. The second-order valence-corrected chi connectivity index (χ2v) is 12.3. The van der Waals surface area contributed by atoms with Crippen LogP contribution in [0.15, 0.2) is 48.5 Å². The normalized spacial score (nSPS) is 14.4. The number of piperidine rings is 1. The van der Waals surface area contributed by atoms with Crippen LogP contribution in [0.25, 0.3) is 0 Å². The Balaban J connectivity index is 1.75. The smallest absolute Gasteiger partial charge is 0.321 e. The fourth-order valence-corrected chi connectivity index (χ4v) is 6.33. The fraction of sp³-hybridized carbons (Fsp3) is 0.500. The minimum absolute atomic E-state index is 0.0350. The number of halogens is 1. The number of ether oxygens (including phenoxy) is 1. The average molecular weight is 579 g/mol. The molecule has 3 rings (SSSR count). The van der Waals surface area contributed by atoms with Crippen LogP contribution in [-0.2, 0) is 26.1 Å². The first kappa shape index (κ1) is 30.9. The topological polar surface area (TPSA) is 99.3 Å². The van der Waals surface area contributed by atoms with Crippen molar-refractivity contribution in [1.82, 2.24) is 14.1 Å². The molecule has 0 bridgehead atoms. The van der Waals surface area contributed by atoms with Crippen LogP contribution >= 0.6 is 11.6 Å². The molecular formula is C28H39ClN4O5S. The number of methoxy groups -OCH3 is 1. The molecule has 0 unspecified atom stereocenters. The Morgan fingerprint density at radius 2 is 1.85 bits per heavy atom. The van der Waals surface area contributed by atoms with Crippen molar-refractivity contribution in [2.75, 3.05) is 51.0 Å². The van der Waals surface area contributed by atoms with E-state index in [2.05, 4.69) is 5.32 Å². The molecular weight excluding hydrogens is 540 g/mol. The monoisotopic (exact) mass is 578 g/mol. The number of nitrogens with one attached hydrogen (secondary N) is 1. The van der Waals surface area contributed by atoms with E-state index in [-0.39, 0.29) is 43.4 Å². The Bertz CT molecular complexity index is 1220. The number of aryl methyl sites for hydroxylation is 1. The van der Waals surface area contributed by atoms with Crippen LogP contribution in [-0.4, -0.2) is 86.2 Å². The quantitative estimate of drug-likeness (QED) is 0.403. The Labute approximate surface area is 237 Å². The second kappa shape index (κ2) is 14.6. The molecule has 1 saturated heterocycles. The van der Waals surface area contributed by atoms with Crippen LogP contribution in [0.3, 0.4) is 0 Å². The van der Waals surface area contributed by atoms with E-state index in [1.54, 1.807) is 22.8 Å². The predicted octanol–water partition coefficient (Wildman–Crippen LogP) is 4.36. The molecule has 1 aliphatic rings. The van der Waals surface area contributed by atoms with Gasteiger partial charge in [-0.05, 0) is 55.5 Å². The minimum Gasteiger partial charge on any atom is -0.383 e. The number of carbonyl (C=O) groups is 2. The Morgan fingerprint density at radius 1 is 1.13 bits per heavy atom. The number of urea groups is 1. The minimum atomic E-state index is -3.61. The summed E-state index contributed by atoms with van der Waals surface area (Å²) in [6, 6.07) is 14.6. The van der Waals surface area contributed by atoms with E-state index in [0.29, 0.717) is 43.9 Å². The van der Waals surface area contributed by atoms with Gasteiger partial charge in [0.25, 0.3) is 0 Å². The number of hydrogen-bond acceptors (Lipinski definition) is 5. The van der Waals surface area contributed by atoms with E-state index < -0.39 is 10.0 Å². The highest BCUT2D eigenvalue weighted by atomic mass is 35.5. The molecule has 1 heterocycles. The van der Waals surface area contributed by atoms with Crippen LogP contribution in [0.5, 0.6) is 0 Å². The van der Waals surface area contributed by atoms with Gasteiger partial charge >= 0.3 is 6.03 Å². The van der Waals surface area contributed by atoms with Gasteiger partial charge in [-0.25, -0.2) is 13.2 Å². The number of carbonyl (C=O) groups excluding carboxylic acids is 2. The number of sulfonamides is 1. The number of anilines is 1. The van der Waals surface area contributed by atoms with Crippen LogP contribution in [0.2, 0.25) is 5.02 Å². The number of para-hydroxylation sites is 1. The zero-order valence-corrected chi connectivity index (χ0v) is 24.5. The lowest BCUT2D eigenvalue weighted by Crippen LogP contribution is -2.52. The standard InChI is InChI=1S/C28H39ClN4O5S/c1-4-18-39(36,37)32(16-17-38-3)21-27(34)33(20-23-9-7-10-24(29)19-23)25-12-14-31(15-13-25)28(35)30-26-11-6-5-8-22(26)2/h5-11,19,25H,4,12-18,20-21H2,1-3H3,(H,30,35).